The molecule has 18 heavy (non-hydrogen) atoms. The third kappa shape index (κ3) is 5.11. The minimum absolute atomic E-state index is 0.208. The number of rotatable bonds is 2. The highest BCUT2D eigenvalue weighted by molar-refractivity contribution is 5.79. The Labute approximate surface area is 107 Å². The summed E-state index contributed by atoms with van der Waals surface area (Å²) in [6, 6.07) is 0. The van der Waals surface area contributed by atoms with Crippen LogP contribution in [0.15, 0.2) is 25.6 Å². The first-order valence-corrected chi connectivity index (χ1v) is 5.73. The molecule has 0 unspecified atom stereocenters. The van der Waals surface area contributed by atoms with E-state index in [1.807, 2.05) is 0 Å². The molecule has 0 spiro atoms. The second-order valence-corrected chi connectivity index (χ2v) is 3.75. The summed E-state index contributed by atoms with van der Waals surface area (Å²) in [7, 11) is 0. The lowest BCUT2D eigenvalue weighted by Crippen LogP contribution is -2.16. The van der Waals surface area contributed by atoms with E-state index < -0.39 is 0 Å². The van der Waals surface area contributed by atoms with E-state index in [1.165, 1.54) is 0 Å². The Morgan fingerprint density at radius 2 is 1.22 bits per heavy atom. The molecule has 0 bridgehead atoms. The first kappa shape index (κ1) is 16.3. The molecular formula is C12H20N2O4. The molecule has 2 N–H and O–H groups in total. The van der Waals surface area contributed by atoms with Gasteiger partial charge in [0.2, 0.25) is 11.8 Å². The fourth-order valence-corrected chi connectivity index (χ4v) is 1.72. The van der Waals surface area contributed by atoms with Crippen LogP contribution in [0, 0.1) is 0 Å². The Morgan fingerprint density at radius 1 is 0.889 bits per heavy atom. The van der Waals surface area contributed by atoms with Crippen LogP contribution in [0.25, 0.3) is 0 Å². The van der Waals surface area contributed by atoms with Crippen molar-refractivity contribution in [2.75, 3.05) is 13.1 Å². The van der Waals surface area contributed by atoms with E-state index in [9.17, 15) is 9.59 Å². The number of hydrogen-bond acceptors (Lipinski definition) is 4. The van der Waals surface area contributed by atoms with Gasteiger partial charge in [-0.3, -0.25) is 20.1 Å². The maximum Gasteiger partial charge on any atom is 0.226 e. The van der Waals surface area contributed by atoms with Gasteiger partial charge in [0, 0.05) is 25.9 Å². The van der Waals surface area contributed by atoms with Gasteiger partial charge >= 0.3 is 0 Å². The number of amides is 2. The summed E-state index contributed by atoms with van der Waals surface area (Å²) in [5, 5.41) is 12.0. The molecule has 2 aliphatic rings. The van der Waals surface area contributed by atoms with Crippen molar-refractivity contribution in [2.45, 2.75) is 25.7 Å². The number of carbonyl (C=O) groups excluding carboxylic acids is 2. The molecule has 0 aromatic heterocycles. The van der Waals surface area contributed by atoms with Crippen LogP contribution in [-0.4, -0.2) is 45.2 Å². The maximum absolute atomic E-state index is 10.7. The zero-order chi connectivity index (χ0) is 14.0. The molecule has 2 fully saturated rings. The Bertz CT molecular complexity index is 274. The minimum Gasteiger partial charge on any atom is -0.320 e. The molecule has 6 nitrogen and oxygen atoms in total. The van der Waals surface area contributed by atoms with E-state index in [2.05, 4.69) is 13.2 Å². The van der Waals surface area contributed by atoms with Gasteiger partial charge < -0.3 is 9.80 Å². The van der Waals surface area contributed by atoms with Crippen LogP contribution < -0.4 is 0 Å². The molecule has 0 saturated carbocycles. The molecule has 2 amide bonds. The smallest absolute Gasteiger partial charge is 0.226 e. The highest BCUT2D eigenvalue weighted by Crippen LogP contribution is 2.08. The second kappa shape index (κ2) is 9.38. The normalized spacial score (nSPS) is 17.7. The SMILES string of the molecule is C=CN1CCCC1=O.C=CN1CCCC1=O.OO. The lowest BCUT2D eigenvalue weighted by atomic mass is 10.4. The average molecular weight is 256 g/mol. The molecular weight excluding hydrogens is 236 g/mol. The summed E-state index contributed by atoms with van der Waals surface area (Å²) >= 11 is 0. The van der Waals surface area contributed by atoms with E-state index in [-0.39, 0.29) is 11.8 Å². The molecule has 2 saturated heterocycles. The molecule has 102 valence electrons. The standard InChI is InChI=1S/2C6H9NO.H2O2/c2*1-2-7-5-3-4-6(7)8;1-2/h2*2H,1,3-5H2;1-2H. The largest absolute Gasteiger partial charge is 0.320 e. The lowest BCUT2D eigenvalue weighted by molar-refractivity contribution is -0.176. The molecule has 2 rings (SSSR count). The van der Waals surface area contributed by atoms with Crippen molar-refractivity contribution in [1.29, 1.82) is 0 Å². The maximum atomic E-state index is 10.7. The molecule has 2 heterocycles. The van der Waals surface area contributed by atoms with E-state index in [0.717, 1.165) is 25.9 Å². The van der Waals surface area contributed by atoms with Gasteiger partial charge in [-0.15, -0.1) is 0 Å². The number of carbonyl (C=O) groups is 2. The van der Waals surface area contributed by atoms with Crippen molar-refractivity contribution in [3.05, 3.63) is 25.6 Å². The van der Waals surface area contributed by atoms with Crippen molar-refractivity contribution in [2.24, 2.45) is 0 Å². The monoisotopic (exact) mass is 256 g/mol. The minimum atomic E-state index is 0.208. The molecule has 0 radical (unpaired) electrons. The fourth-order valence-electron chi connectivity index (χ4n) is 1.72. The summed E-state index contributed by atoms with van der Waals surface area (Å²) in [5.74, 6) is 0.417. The molecule has 0 aliphatic carbocycles. The summed E-state index contributed by atoms with van der Waals surface area (Å²) in [4.78, 5) is 24.6. The van der Waals surface area contributed by atoms with Crippen molar-refractivity contribution in [3.63, 3.8) is 0 Å². The zero-order valence-electron chi connectivity index (χ0n) is 10.4. The summed E-state index contributed by atoms with van der Waals surface area (Å²) in [6.07, 6.45) is 6.57. The quantitative estimate of drug-likeness (QED) is 0.580. The van der Waals surface area contributed by atoms with Gasteiger partial charge in [-0.1, -0.05) is 13.2 Å². The molecule has 0 aromatic carbocycles. The summed E-state index contributed by atoms with van der Waals surface area (Å²) < 4.78 is 0. The van der Waals surface area contributed by atoms with E-state index in [1.54, 1.807) is 22.2 Å². The van der Waals surface area contributed by atoms with Crippen LogP contribution in [0.3, 0.4) is 0 Å². The van der Waals surface area contributed by atoms with E-state index in [0.29, 0.717) is 12.8 Å². The van der Waals surface area contributed by atoms with Gasteiger partial charge in [0.15, 0.2) is 0 Å². The first-order chi connectivity index (χ1) is 8.69. The number of hydrogen-bond donors (Lipinski definition) is 2. The highest BCUT2D eigenvalue weighted by Gasteiger charge is 2.16. The number of likely N-dealkylation sites (tertiary alicyclic amines) is 2. The van der Waals surface area contributed by atoms with Crippen LogP contribution in [-0.2, 0) is 9.59 Å². The van der Waals surface area contributed by atoms with E-state index in [4.69, 9.17) is 10.5 Å². The van der Waals surface area contributed by atoms with Crippen molar-refractivity contribution >= 4 is 11.8 Å². The predicted octanol–water partition coefficient (Wildman–Crippen LogP) is 1.52. The Balaban J connectivity index is 0.000000283. The van der Waals surface area contributed by atoms with Crippen LogP contribution >= 0.6 is 0 Å². The van der Waals surface area contributed by atoms with Crippen LogP contribution in [0.2, 0.25) is 0 Å². The lowest BCUT2D eigenvalue weighted by Gasteiger charge is -2.05. The third-order valence-corrected chi connectivity index (χ3v) is 2.66. The van der Waals surface area contributed by atoms with Crippen molar-refractivity contribution in [1.82, 2.24) is 9.80 Å². The van der Waals surface area contributed by atoms with Crippen molar-refractivity contribution < 1.29 is 20.1 Å². The molecule has 6 heteroatoms. The Kier molecular flexibility index (Phi) is 8.51. The van der Waals surface area contributed by atoms with Gasteiger partial charge in [0.25, 0.3) is 0 Å². The van der Waals surface area contributed by atoms with Gasteiger partial charge in [0.1, 0.15) is 0 Å². The second-order valence-electron chi connectivity index (χ2n) is 3.75. The van der Waals surface area contributed by atoms with Crippen LogP contribution in [0.5, 0.6) is 0 Å². The zero-order valence-corrected chi connectivity index (χ0v) is 10.4. The predicted molar refractivity (Wildman–Crippen MR) is 67.5 cm³/mol. The van der Waals surface area contributed by atoms with Crippen LogP contribution in [0.4, 0.5) is 0 Å². The number of nitrogens with zero attached hydrogens (tertiary/aromatic N) is 2. The van der Waals surface area contributed by atoms with Gasteiger partial charge in [-0.05, 0) is 25.2 Å². The van der Waals surface area contributed by atoms with E-state index >= 15 is 0 Å². The van der Waals surface area contributed by atoms with Crippen molar-refractivity contribution in [3.8, 4) is 0 Å². The van der Waals surface area contributed by atoms with Gasteiger partial charge in [0.05, 0.1) is 0 Å². The van der Waals surface area contributed by atoms with Crippen LogP contribution in [0.1, 0.15) is 25.7 Å². The van der Waals surface area contributed by atoms with Gasteiger partial charge in [-0.25, -0.2) is 0 Å². The Hall–Kier alpha value is -1.66. The van der Waals surface area contributed by atoms with Gasteiger partial charge in [-0.2, -0.15) is 0 Å². The summed E-state index contributed by atoms with van der Waals surface area (Å²) in [6.45, 7) is 8.72. The summed E-state index contributed by atoms with van der Waals surface area (Å²) in [5.41, 5.74) is 0. The first-order valence-electron chi connectivity index (χ1n) is 5.73. The third-order valence-electron chi connectivity index (χ3n) is 2.66. The average Bonchev–Trinajstić information content (AvgIpc) is 3.00. The molecule has 2 aliphatic heterocycles. The Morgan fingerprint density at radius 3 is 1.33 bits per heavy atom. The highest BCUT2D eigenvalue weighted by atomic mass is 17.0. The molecule has 0 aromatic rings. The topological polar surface area (TPSA) is 81.1 Å². The fraction of sp³-hybridized carbons (Fsp3) is 0.500. The molecule has 0 atom stereocenters.